The summed E-state index contributed by atoms with van der Waals surface area (Å²) in [6.07, 6.45) is 0.727. The van der Waals surface area contributed by atoms with Crippen LogP contribution in [-0.2, 0) is 11.2 Å². The molecule has 0 aliphatic heterocycles. The van der Waals surface area contributed by atoms with Crippen LogP contribution < -0.4 is 5.56 Å². The molecule has 0 atom stereocenters. The summed E-state index contributed by atoms with van der Waals surface area (Å²) in [6, 6.07) is 1.14. The lowest BCUT2D eigenvalue weighted by Gasteiger charge is -2.02. The first-order valence-electron chi connectivity index (χ1n) is 5.22. The smallest absolute Gasteiger partial charge is 0.357 e. The first-order valence-corrected chi connectivity index (χ1v) is 6.04. The highest BCUT2D eigenvalue weighted by atomic mass is 32.1. The summed E-state index contributed by atoms with van der Waals surface area (Å²) in [5.41, 5.74) is -0.336. The van der Waals surface area contributed by atoms with Gasteiger partial charge in [-0.1, -0.05) is 18.3 Å². The van der Waals surface area contributed by atoms with Crippen LogP contribution in [-0.4, -0.2) is 27.2 Å². The van der Waals surface area contributed by atoms with Crippen molar-refractivity contribution in [2.24, 2.45) is 0 Å². The molecule has 0 radical (unpaired) electrons. The Morgan fingerprint density at radius 2 is 2.29 bits per heavy atom. The highest BCUT2D eigenvalue weighted by Crippen LogP contribution is 2.13. The van der Waals surface area contributed by atoms with Gasteiger partial charge in [0.15, 0.2) is 5.69 Å². The van der Waals surface area contributed by atoms with Gasteiger partial charge in [0.25, 0.3) is 5.56 Å². The van der Waals surface area contributed by atoms with Crippen molar-refractivity contribution < 1.29 is 9.53 Å². The highest BCUT2D eigenvalue weighted by Gasteiger charge is 2.15. The Morgan fingerprint density at radius 1 is 1.53 bits per heavy atom. The quantitative estimate of drug-likeness (QED) is 0.759. The zero-order chi connectivity index (χ0) is 12.4. The van der Waals surface area contributed by atoms with E-state index in [0.717, 1.165) is 17.5 Å². The summed E-state index contributed by atoms with van der Waals surface area (Å²) >= 11 is 1.29. The second kappa shape index (κ2) is 4.62. The van der Waals surface area contributed by atoms with E-state index in [4.69, 9.17) is 4.74 Å². The molecule has 2 rings (SSSR count). The molecular weight excluding hydrogens is 242 g/mol. The summed E-state index contributed by atoms with van der Waals surface area (Å²) in [4.78, 5) is 27.2. The Kier molecular flexibility index (Phi) is 3.19. The Balaban J connectivity index is 2.64. The third-order valence-corrected chi connectivity index (χ3v) is 3.14. The van der Waals surface area contributed by atoms with Crippen LogP contribution in [0.25, 0.3) is 4.96 Å². The van der Waals surface area contributed by atoms with E-state index in [9.17, 15) is 9.59 Å². The first kappa shape index (κ1) is 11.7. The number of ether oxygens (including phenoxy) is 1. The van der Waals surface area contributed by atoms with Gasteiger partial charge in [0.2, 0.25) is 4.96 Å². The molecular formula is C10H11N3O3S. The monoisotopic (exact) mass is 253 g/mol. The molecule has 0 unspecified atom stereocenters. The molecule has 7 heteroatoms. The Labute approximate surface area is 101 Å². The maximum atomic E-state index is 11.7. The normalized spacial score (nSPS) is 10.7. The number of nitrogens with zero attached hydrogens (tertiary/aromatic N) is 3. The predicted octanol–water partition coefficient (Wildman–Crippen LogP) is 0.890. The molecule has 0 saturated heterocycles. The second-order valence-electron chi connectivity index (χ2n) is 3.24. The second-order valence-corrected chi connectivity index (χ2v) is 4.28. The van der Waals surface area contributed by atoms with Gasteiger partial charge >= 0.3 is 5.97 Å². The number of esters is 1. The van der Waals surface area contributed by atoms with Gasteiger partial charge in [-0.05, 0) is 13.3 Å². The maximum Gasteiger partial charge on any atom is 0.357 e. The molecule has 0 spiro atoms. The molecule has 0 saturated carbocycles. The Hall–Kier alpha value is -1.76. The fourth-order valence-corrected chi connectivity index (χ4v) is 2.19. The summed E-state index contributed by atoms with van der Waals surface area (Å²) in [6.45, 7) is 3.90. The average molecular weight is 253 g/mol. The van der Waals surface area contributed by atoms with Gasteiger partial charge in [0, 0.05) is 6.07 Å². The minimum absolute atomic E-state index is 0.123. The van der Waals surface area contributed by atoms with Crippen molar-refractivity contribution in [2.75, 3.05) is 6.61 Å². The number of carbonyl (C=O) groups is 1. The maximum absolute atomic E-state index is 11.7. The van der Waals surface area contributed by atoms with Gasteiger partial charge in [-0.25, -0.2) is 4.79 Å². The van der Waals surface area contributed by atoms with Gasteiger partial charge in [0.1, 0.15) is 5.01 Å². The molecule has 0 aliphatic carbocycles. The predicted molar refractivity (Wildman–Crippen MR) is 62.5 cm³/mol. The number of fused-ring (bicyclic) bond motifs is 1. The molecule has 17 heavy (non-hydrogen) atoms. The van der Waals surface area contributed by atoms with Crippen molar-refractivity contribution in [3.05, 3.63) is 27.1 Å². The molecule has 2 aromatic heterocycles. The topological polar surface area (TPSA) is 73.6 Å². The SMILES string of the molecule is CCOC(=O)c1cc(=O)nc2sc(CC)nn12. The largest absolute Gasteiger partial charge is 0.461 e. The van der Waals surface area contributed by atoms with Crippen LogP contribution in [0.15, 0.2) is 10.9 Å². The molecule has 2 aromatic rings. The number of hydrogen-bond acceptors (Lipinski definition) is 6. The van der Waals surface area contributed by atoms with E-state index in [1.54, 1.807) is 6.92 Å². The zero-order valence-corrected chi connectivity index (χ0v) is 10.3. The first-order chi connectivity index (χ1) is 8.15. The summed E-state index contributed by atoms with van der Waals surface area (Å²) < 4.78 is 6.24. The number of hydrogen-bond donors (Lipinski definition) is 0. The fourth-order valence-electron chi connectivity index (χ4n) is 1.35. The minimum Gasteiger partial charge on any atom is -0.461 e. The zero-order valence-electron chi connectivity index (χ0n) is 9.47. The van der Waals surface area contributed by atoms with Gasteiger partial charge in [-0.3, -0.25) is 4.79 Å². The lowest BCUT2D eigenvalue weighted by Crippen LogP contribution is -2.17. The van der Waals surface area contributed by atoms with Crippen LogP contribution in [0.5, 0.6) is 0 Å². The Morgan fingerprint density at radius 3 is 2.94 bits per heavy atom. The van der Waals surface area contributed by atoms with Crippen LogP contribution >= 0.6 is 11.3 Å². The Bertz CT molecular complexity index is 617. The number of carbonyl (C=O) groups excluding carboxylic acids is 1. The summed E-state index contributed by atoms with van der Waals surface area (Å²) in [5.74, 6) is -0.560. The number of aromatic nitrogens is 3. The highest BCUT2D eigenvalue weighted by molar-refractivity contribution is 7.16. The molecule has 0 fully saturated rings. The van der Waals surface area contributed by atoms with E-state index < -0.39 is 11.5 Å². The van der Waals surface area contributed by atoms with Gasteiger partial charge in [-0.15, -0.1) is 0 Å². The molecule has 0 aliphatic rings. The van der Waals surface area contributed by atoms with E-state index in [1.165, 1.54) is 15.9 Å². The fraction of sp³-hybridized carbons (Fsp3) is 0.400. The summed E-state index contributed by atoms with van der Waals surface area (Å²) in [7, 11) is 0. The molecule has 0 amide bonds. The molecule has 0 bridgehead atoms. The van der Waals surface area contributed by atoms with E-state index in [2.05, 4.69) is 10.1 Å². The van der Waals surface area contributed by atoms with E-state index in [1.807, 2.05) is 6.92 Å². The average Bonchev–Trinajstić information content (AvgIpc) is 2.70. The third kappa shape index (κ3) is 2.19. The van der Waals surface area contributed by atoms with Gasteiger partial charge < -0.3 is 4.74 Å². The van der Waals surface area contributed by atoms with Crippen molar-refractivity contribution >= 4 is 22.3 Å². The molecule has 90 valence electrons. The van der Waals surface area contributed by atoms with Crippen LogP contribution in [0, 0.1) is 0 Å². The van der Waals surface area contributed by atoms with Crippen molar-refractivity contribution in [1.29, 1.82) is 0 Å². The minimum atomic E-state index is -0.560. The van der Waals surface area contributed by atoms with Crippen LogP contribution in [0.3, 0.4) is 0 Å². The van der Waals surface area contributed by atoms with Crippen molar-refractivity contribution in [1.82, 2.24) is 14.6 Å². The van der Waals surface area contributed by atoms with E-state index >= 15 is 0 Å². The third-order valence-electron chi connectivity index (χ3n) is 2.08. The van der Waals surface area contributed by atoms with Crippen molar-refractivity contribution in [2.45, 2.75) is 20.3 Å². The lowest BCUT2D eigenvalue weighted by molar-refractivity contribution is 0.0516. The summed E-state index contributed by atoms with van der Waals surface area (Å²) in [5, 5.41) is 5.02. The number of aryl methyl sites for hydroxylation is 1. The molecule has 0 N–H and O–H groups in total. The van der Waals surface area contributed by atoms with Crippen LogP contribution in [0.4, 0.5) is 0 Å². The van der Waals surface area contributed by atoms with E-state index in [-0.39, 0.29) is 12.3 Å². The van der Waals surface area contributed by atoms with E-state index in [0.29, 0.717) is 4.96 Å². The van der Waals surface area contributed by atoms with Crippen molar-refractivity contribution in [3.8, 4) is 0 Å². The van der Waals surface area contributed by atoms with Crippen LogP contribution in [0.2, 0.25) is 0 Å². The number of rotatable bonds is 3. The molecule has 0 aromatic carbocycles. The molecule has 2 heterocycles. The lowest BCUT2D eigenvalue weighted by atomic mass is 10.4. The van der Waals surface area contributed by atoms with Crippen LogP contribution in [0.1, 0.15) is 29.3 Å². The van der Waals surface area contributed by atoms with Gasteiger partial charge in [0.05, 0.1) is 6.61 Å². The standard InChI is InChI=1S/C10H11N3O3S/c1-3-8-12-13-6(9(15)16-4-2)5-7(14)11-10(13)17-8/h5H,3-4H2,1-2H3. The van der Waals surface area contributed by atoms with Gasteiger partial charge in [-0.2, -0.15) is 14.6 Å². The van der Waals surface area contributed by atoms with Crippen molar-refractivity contribution in [3.63, 3.8) is 0 Å². The molecule has 6 nitrogen and oxygen atoms in total.